The van der Waals surface area contributed by atoms with Crippen LogP contribution in [0, 0.1) is 0 Å². The highest BCUT2D eigenvalue weighted by molar-refractivity contribution is 4.77. The average Bonchev–Trinajstić information content (AvgIpc) is 1.33. The van der Waals surface area contributed by atoms with Gasteiger partial charge in [-0.05, 0) is 0 Å². The summed E-state index contributed by atoms with van der Waals surface area (Å²) >= 11 is 0. The molecular formula is C4H7FO. The Labute approximate surface area is 35.8 Å². The molecule has 0 unspecified atom stereocenters. The number of rotatable bonds is 0. The van der Waals surface area contributed by atoms with Crippen LogP contribution in [0.1, 0.15) is 12.8 Å². The second kappa shape index (κ2) is 1.19. The molecular weight excluding hydrogens is 83.0 g/mol. The maximum atomic E-state index is 11.6. The van der Waals surface area contributed by atoms with Gasteiger partial charge in [0, 0.05) is 12.8 Å². The fraction of sp³-hybridized carbons (Fsp3) is 1.00. The minimum atomic E-state index is -0.708. The second-order valence-electron chi connectivity index (χ2n) is 1.72. The predicted octanol–water partition coefficient (Wildman–Crippen LogP) is 0.479. The lowest BCUT2D eigenvalue weighted by atomic mass is 9.94. The van der Waals surface area contributed by atoms with Crippen molar-refractivity contribution in [2.45, 2.75) is 25.1 Å². The van der Waals surface area contributed by atoms with E-state index in [2.05, 4.69) is 0 Å². The number of alkyl halides is 1. The minimum Gasteiger partial charge on any atom is -0.393 e. The van der Waals surface area contributed by atoms with E-state index in [1.807, 2.05) is 0 Å². The third-order valence-electron chi connectivity index (χ3n) is 1.06. The summed E-state index contributed by atoms with van der Waals surface area (Å²) in [4.78, 5) is 0. The van der Waals surface area contributed by atoms with Crippen LogP contribution in [0.15, 0.2) is 0 Å². The van der Waals surface area contributed by atoms with E-state index >= 15 is 0 Å². The van der Waals surface area contributed by atoms with Crippen molar-refractivity contribution in [3.63, 3.8) is 0 Å². The summed E-state index contributed by atoms with van der Waals surface area (Å²) in [5.74, 6) is 0. The molecule has 0 radical (unpaired) electrons. The van der Waals surface area contributed by atoms with Crippen molar-refractivity contribution < 1.29 is 9.50 Å². The van der Waals surface area contributed by atoms with Gasteiger partial charge in [0.05, 0.1) is 6.10 Å². The van der Waals surface area contributed by atoms with Crippen molar-refractivity contribution in [3.05, 3.63) is 0 Å². The molecule has 1 nitrogen and oxygen atoms in total. The fourth-order valence-corrected chi connectivity index (χ4v) is 0.521. The summed E-state index contributed by atoms with van der Waals surface area (Å²) < 4.78 is 11.6. The van der Waals surface area contributed by atoms with Gasteiger partial charge < -0.3 is 5.11 Å². The molecule has 0 amide bonds. The van der Waals surface area contributed by atoms with Gasteiger partial charge in [-0.1, -0.05) is 0 Å². The molecule has 36 valence electrons. The third kappa shape index (κ3) is 0.522. The van der Waals surface area contributed by atoms with E-state index in [0.717, 1.165) is 0 Å². The van der Waals surface area contributed by atoms with Crippen LogP contribution < -0.4 is 0 Å². The Balaban J connectivity index is 2.11. The second-order valence-corrected chi connectivity index (χ2v) is 1.72. The van der Waals surface area contributed by atoms with E-state index in [9.17, 15) is 4.39 Å². The van der Waals surface area contributed by atoms with Gasteiger partial charge in [0.2, 0.25) is 0 Å². The summed E-state index contributed by atoms with van der Waals surface area (Å²) in [5.41, 5.74) is 0. The van der Waals surface area contributed by atoms with E-state index < -0.39 is 6.17 Å². The molecule has 0 bridgehead atoms. The molecule has 0 aromatic heterocycles. The highest BCUT2D eigenvalue weighted by Gasteiger charge is 2.25. The molecule has 0 heterocycles. The molecule has 2 heteroatoms. The molecule has 0 saturated heterocycles. The van der Waals surface area contributed by atoms with E-state index in [4.69, 9.17) is 5.11 Å². The van der Waals surface area contributed by atoms with Gasteiger partial charge in [0.25, 0.3) is 0 Å². The summed E-state index contributed by atoms with van der Waals surface area (Å²) in [6.07, 6.45) is -0.319. The van der Waals surface area contributed by atoms with Crippen molar-refractivity contribution in [1.29, 1.82) is 0 Å². The monoisotopic (exact) mass is 90.0 g/mol. The Morgan fingerprint density at radius 3 is 2.00 bits per heavy atom. The van der Waals surface area contributed by atoms with Gasteiger partial charge in [-0.2, -0.15) is 0 Å². The van der Waals surface area contributed by atoms with E-state index in [1.54, 1.807) is 0 Å². The van der Waals surface area contributed by atoms with Crippen molar-refractivity contribution >= 4 is 0 Å². The van der Waals surface area contributed by atoms with Crippen molar-refractivity contribution in [1.82, 2.24) is 0 Å². The van der Waals surface area contributed by atoms with Crippen LogP contribution in [-0.2, 0) is 0 Å². The normalized spacial score (nSPS) is 45.0. The first kappa shape index (κ1) is 4.06. The molecule has 1 fully saturated rings. The number of halogens is 1. The van der Waals surface area contributed by atoms with Crippen LogP contribution in [0.25, 0.3) is 0 Å². The van der Waals surface area contributed by atoms with E-state index in [-0.39, 0.29) is 6.10 Å². The highest BCUT2D eigenvalue weighted by Crippen LogP contribution is 2.21. The zero-order valence-corrected chi connectivity index (χ0v) is 3.39. The maximum absolute atomic E-state index is 11.6. The molecule has 0 aromatic rings. The number of aliphatic hydroxyl groups is 1. The smallest absolute Gasteiger partial charge is 0.105 e. The first-order valence-electron chi connectivity index (χ1n) is 2.11. The zero-order valence-electron chi connectivity index (χ0n) is 3.39. The lowest BCUT2D eigenvalue weighted by molar-refractivity contribution is 0.0222. The minimum absolute atomic E-state index is 0.333. The lowest BCUT2D eigenvalue weighted by Gasteiger charge is -2.23. The number of hydrogen-bond donors (Lipinski definition) is 1. The summed E-state index contributed by atoms with van der Waals surface area (Å²) in [5, 5.41) is 8.38. The molecule has 1 rings (SSSR count). The number of aliphatic hydroxyl groups excluding tert-OH is 1. The molecule has 1 N–H and O–H groups in total. The largest absolute Gasteiger partial charge is 0.393 e. The van der Waals surface area contributed by atoms with Crippen molar-refractivity contribution in [3.8, 4) is 0 Å². The predicted molar refractivity (Wildman–Crippen MR) is 20.1 cm³/mol. The Bertz CT molecular complexity index is 43.5. The van der Waals surface area contributed by atoms with Gasteiger partial charge in [-0.25, -0.2) is 4.39 Å². The Kier molecular flexibility index (Phi) is 0.804. The standard InChI is InChI=1S/C4H7FO/c5-3-1-4(6)2-3/h3-4,6H,1-2H2/t3-,4+. The molecule has 0 aliphatic heterocycles. The zero-order chi connectivity index (χ0) is 4.57. The van der Waals surface area contributed by atoms with Crippen molar-refractivity contribution in [2.24, 2.45) is 0 Å². The Morgan fingerprint density at radius 2 is 2.00 bits per heavy atom. The van der Waals surface area contributed by atoms with Crippen LogP contribution in [0.3, 0.4) is 0 Å². The molecule has 1 saturated carbocycles. The first-order valence-corrected chi connectivity index (χ1v) is 2.11. The molecule has 1 aliphatic rings. The molecule has 0 aromatic carbocycles. The SMILES string of the molecule is O[C@H]1C[C@@H](F)C1. The maximum Gasteiger partial charge on any atom is 0.105 e. The van der Waals surface area contributed by atoms with E-state index in [0.29, 0.717) is 12.8 Å². The third-order valence-corrected chi connectivity index (χ3v) is 1.06. The van der Waals surface area contributed by atoms with Gasteiger partial charge in [-0.15, -0.1) is 0 Å². The summed E-state index contributed by atoms with van der Waals surface area (Å²) in [6, 6.07) is 0. The molecule has 0 atom stereocenters. The van der Waals surface area contributed by atoms with E-state index in [1.165, 1.54) is 0 Å². The summed E-state index contributed by atoms with van der Waals surface area (Å²) in [7, 11) is 0. The van der Waals surface area contributed by atoms with Gasteiger partial charge in [-0.3, -0.25) is 0 Å². The fourth-order valence-electron chi connectivity index (χ4n) is 0.521. The average molecular weight is 90.1 g/mol. The topological polar surface area (TPSA) is 20.2 Å². The van der Waals surface area contributed by atoms with Crippen LogP contribution in [-0.4, -0.2) is 17.4 Å². The van der Waals surface area contributed by atoms with Gasteiger partial charge >= 0.3 is 0 Å². The molecule has 0 spiro atoms. The summed E-state index contributed by atoms with van der Waals surface area (Å²) in [6.45, 7) is 0. The Hall–Kier alpha value is -0.110. The quantitative estimate of drug-likeness (QED) is 0.458. The van der Waals surface area contributed by atoms with Gasteiger partial charge in [0.15, 0.2) is 0 Å². The Morgan fingerprint density at radius 1 is 1.50 bits per heavy atom. The van der Waals surface area contributed by atoms with Crippen LogP contribution in [0.4, 0.5) is 4.39 Å². The highest BCUT2D eigenvalue weighted by atomic mass is 19.1. The van der Waals surface area contributed by atoms with Gasteiger partial charge in [0.1, 0.15) is 6.17 Å². The van der Waals surface area contributed by atoms with Crippen LogP contribution in [0.5, 0.6) is 0 Å². The number of hydrogen-bond acceptors (Lipinski definition) is 1. The van der Waals surface area contributed by atoms with Crippen molar-refractivity contribution in [2.75, 3.05) is 0 Å². The molecule has 1 aliphatic carbocycles. The molecule has 6 heavy (non-hydrogen) atoms. The first-order chi connectivity index (χ1) is 2.79. The van der Waals surface area contributed by atoms with Crippen LogP contribution >= 0.6 is 0 Å². The lowest BCUT2D eigenvalue weighted by Crippen LogP contribution is -2.29. The van der Waals surface area contributed by atoms with Crippen LogP contribution in [0.2, 0.25) is 0 Å².